The summed E-state index contributed by atoms with van der Waals surface area (Å²) in [5.41, 5.74) is 7.64. The van der Waals surface area contributed by atoms with Crippen molar-refractivity contribution in [1.82, 2.24) is 10.2 Å². The zero-order chi connectivity index (χ0) is 24.5. The maximum Gasteiger partial charge on any atom is 0.251 e. The van der Waals surface area contributed by atoms with Crippen LogP contribution < -0.4 is 11.1 Å². The van der Waals surface area contributed by atoms with Gasteiger partial charge in [-0.15, -0.1) is 0 Å². The van der Waals surface area contributed by atoms with E-state index in [1.165, 1.54) is 11.0 Å². The molecule has 1 aliphatic heterocycles. The lowest BCUT2D eigenvalue weighted by molar-refractivity contribution is -0.129. The molecule has 2 amide bonds. The Morgan fingerprint density at radius 3 is 2.55 bits per heavy atom. The number of carbonyl (C=O) groups is 2. The number of nitrogens with one attached hydrogen (secondary N) is 1. The van der Waals surface area contributed by atoms with Gasteiger partial charge in [0.1, 0.15) is 11.6 Å². The number of nitrogens with zero attached hydrogens (tertiary/aromatic N) is 2. The monoisotopic (exact) mass is 458 g/mol. The number of halogens is 2. The van der Waals surface area contributed by atoms with E-state index in [1.807, 2.05) is 34.6 Å². The van der Waals surface area contributed by atoms with E-state index in [2.05, 4.69) is 10.3 Å². The molecule has 1 heterocycles. The predicted molar refractivity (Wildman–Crippen MR) is 124 cm³/mol. The van der Waals surface area contributed by atoms with Crippen molar-refractivity contribution in [3.05, 3.63) is 58.2 Å². The van der Waals surface area contributed by atoms with Crippen molar-refractivity contribution in [2.24, 2.45) is 22.6 Å². The average molecular weight is 459 g/mol. The van der Waals surface area contributed by atoms with Gasteiger partial charge in [0.2, 0.25) is 5.91 Å². The van der Waals surface area contributed by atoms with Gasteiger partial charge in [0.05, 0.1) is 18.5 Å². The van der Waals surface area contributed by atoms with Gasteiger partial charge in [-0.2, -0.15) is 0 Å². The number of rotatable bonds is 6. The highest BCUT2D eigenvalue weighted by atomic mass is 19.1. The fourth-order valence-corrected chi connectivity index (χ4v) is 4.15. The van der Waals surface area contributed by atoms with Crippen LogP contribution >= 0.6 is 0 Å². The van der Waals surface area contributed by atoms with Gasteiger partial charge in [0.15, 0.2) is 5.96 Å². The SMILES string of the molecule is CC1=C(C(=O)NCc2c(F)cccc2F)C=C(CN2C(=O)CC(C)(C(C)C)N=C2N)C(C)C1. The van der Waals surface area contributed by atoms with Crippen LogP contribution in [0.4, 0.5) is 8.78 Å². The number of carbonyl (C=O) groups excluding carboxylic acids is 2. The molecule has 0 aromatic heterocycles. The highest BCUT2D eigenvalue weighted by Crippen LogP contribution is 2.33. The molecule has 3 rings (SSSR count). The minimum atomic E-state index is -0.707. The molecule has 33 heavy (non-hydrogen) atoms. The Morgan fingerprint density at radius 1 is 1.33 bits per heavy atom. The Kier molecular flexibility index (Phi) is 7.05. The first-order chi connectivity index (χ1) is 15.4. The molecule has 1 aromatic carbocycles. The van der Waals surface area contributed by atoms with Crippen molar-refractivity contribution in [1.29, 1.82) is 0 Å². The summed E-state index contributed by atoms with van der Waals surface area (Å²) < 4.78 is 27.8. The molecule has 1 aliphatic carbocycles. The van der Waals surface area contributed by atoms with Crippen molar-refractivity contribution >= 4 is 17.8 Å². The molecule has 8 heteroatoms. The van der Waals surface area contributed by atoms with E-state index in [0.717, 1.165) is 23.3 Å². The first-order valence-electron chi connectivity index (χ1n) is 11.2. The third-order valence-corrected chi connectivity index (χ3v) is 6.81. The van der Waals surface area contributed by atoms with Gasteiger partial charge in [-0.25, -0.2) is 13.8 Å². The number of hydrogen-bond acceptors (Lipinski definition) is 4. The second-order valence-corrected chi connectivity index (χ2v) is 9.54. The van der Waals surface area contributed by atoms with Crippen molar-refractivity contribution in [2.45, 2.75) is 59.5 Å². The molecule has 178 valence electrons. The predicted octanol–water partition coefficient (Wildman–Crippen LogP) is 3.83. The van der Waals surface area contributed by atoms with Gasteiger partial charge >= 0.3 is 0 Å². The number of aliphatic imine (C=N–C) groups is 1. The van der Waals surface area contributed by atoms with Crippen LogP contribution in [0, 0.1) is 23.5 Å². The Labute approximate surface area is 193 Å². The second kappa shape index (κ2) is 9.45. The Bertz CT molecular complexity index is 1040. The molecule has 1 aromatic rings. The summed E-state index contributed by atoms with van der Waals surface area (Å²) in [5, 5.41) is 2.61. The van der Waals surface area contributed by atoms with Crippen LogP contribution in [-0.4, -0.2) is 34.8 Å². The van der Waals surface area contributed by atoms with E-state index in [4.69, 9.17) is 5.73 Å². The highest BCUT2D eigenvalue weighted by molar-refractivity contribution is 6.00. The van der Waals surface area contributed by atoms with Gasteiger partial charge in [-0.1, -0.05) is 32.4 Å². The van der Waals surface area contributed by atoms with Crippen LogP contribution in [0.15, 0.2) is 46.0 Å². The number of hydrogen-bond donors (Lipinski definition) is 2. The topological polar surface area (TPSA) is 87.8 Å². The summed E-state index contributed by atoms with van der Waals surface area (Å²) in [6, 6.07) is 3.59. The van der Waals surface area contributed by atoms with Crippen molar-refractivity contribution < 1.29 is 18.4 Å². The van der Waals surface area contributed by atoms with Gasteiger partial charge in [-0.3, -0.25) is 14.5 Å². The van der Waals surface area contributed by atoms with Gasteiger partial charge in [-0.05, 0) is 55.9 Å². The molecule has 3 N–H and O–H groups in total. The summed E-state index contributed by atoms with van der Waals surface area (Å²) in [6.45, 7) is 9.82. The molecular formula is C25H32F2N4O2. The number of guanidine groups is 1. The van der Waals surface area contributed by atoms with E-state index in [-0.39, 0.29) is 48.8 Å². The van der Waals surface area contributed by atoms with Crippen LogP contribution in [0.1, 0.15) is 53.0 Å². The maximum atomic E-state index is 13.9. The standard InChI is InChI=1S/C25H32F2N4O2/c1-14(2)25(5)11-22(32)31(24(28)30-25)13-17-10-18(16(4)9-15(17)3)23(33)29-12-19-20(26)7-6-8-21(19)27/h6-8,10,14-15H,9,11-13H2,1-5H3,(H2,28,30)(H,29,33). The van der Waals surface area contributed by atoms with E-state index >= 15 is 0 Å². The Hall–Kier alpha value is -3.03. The Morgan fingerprint density at radius 2 is 1.97 bits per heavy atom. The first kappa shape index (κ1) is 24.6. The van der Waals surface area contributed by atoms with E-state index in [1.54, 1.807) is 6.08 Å². The van der Waals surface area contributed by atoms with E-state index in [0.29, 0.717) is 12.0 Å². The molecule has 0 spiro atoms. The van der Waals surface area contributed by atoms with Crippen molar-refractivity contribution in [2.75, 3.05) is 6.54 Å². The molecule has 2 atom stereocenters. The van der Waals surface area contributed by atoms with E-state index in [9.17, 15) is 18.4 Å². The lowest BCUT2D eigenvalue weighted by Crippen LogP contribution is -2.53. The van der Waals surface area contributed by atoms with Crippen LogP contribution in [-0.2, 0) is 16.1 Å². The third kappa shape index (κ3) is 5.15. The van der Waals surface area contributed by atoms with Gasteiger partial charge in [0.25, 0.3) is 5.91 Å². The smallest absolute Gasteiger partial charge is 0.251 e. The molecule has 0 radical (unpaired) electrons. The van der Waals surface area contributed by atoms with Crippen molar-refractivity contribution in [3.63, 3.8) is 0 Å². The molecule has 0 saturated heterocycles. The van der Waals surface area contributed by atoms with Crippen LogP contribution in [0.25, 0.3) is 0 Å². The molecule has 6 nitrogen and oxygen atoms in total. The average Bonchev–Trinajstić information content (AvgIpc) is 2.71. The van der Waals surface area contributed by atoms with Gasteiger partial charge < -0.3 is 11.1 Å². The lowest BCUT2D eigenvalue weighted by Gasteiger charge is -2.38. The first-order valence-corrected chi connectivity index (χ1v) is 11.2. The van der Waals surface area contributed by atoms with Crippen LogP contribution in [0.3, 0.4) is 0 Å². The Balaban J connectivity index is 1.78. The summed E-state index contributed by atoms with van der Waals surface area (Å²) in [4.78, 5) is 31.8. The quantitative estimate of drug-likeness (QED) is 0.679. The zero-order valence-electron chi connectivity index (χ0n) is 19.8. The maximum absolute atomic E-state index is 13.9. The molecule has 2 unspecified atom stereocenters. The molecular weight excluding hydrogens is 426 g/mol. The zero-order valence-corrected chi connectivity index (χ0v) is 19.8. The largest absolute Gasteiger partial charge is 0.369 e. The minimum absolute atomic E-state index is 0.0981. The fourth-order valence-electron chi connectivity index (χ4n) is 4.15. The molecule has 2 aliphatic rings. The number of allylic oxidation sites excluding steroid dienone is 1. The lowest BCUT2D eigenvalue weighted by atomic mass is 9.83. The second-order valence-electron chi connectivity index (χ2n) is 9.54. The summed E-state index contributed by atoms with van der Waals surface area (Å²) in [5.74, 6) is -1.48. The van der Waals surface area contributed by atoms with Crippen molar-refractivity contribution in [3.8, 4) is 0 Å². The van der Waals surface area contributed by atoms with Crippen LogP contribution in [0.2, 0.25) is 0 Å². The molecule has 0 bridgehead atoms. The third-order valence-electron chi connectivity index (χ3n) is 6.81. The summed E-state index contributed by atoms with van der Waals surface area (Å²) in [7, 11) is 0. The molecule has 0 saturated carbocycles. The van der Waals surface area contributed by atoms with E-state index < -0.39 is 23.1 Å². The fraction of sp³-hybridized carbons (Fsp3) is 0.480. The molecule has 0 fully saturated rings. The summed E-state index contributed by atoms with van der Waals surface area (Å²) >= 11 is 0. The number of benzene rings is 1. The normalized spacial score (nSPS) is 23.6. The number of amides is 2. The minimum Gasteiger partial charge on any atom is -0.369 e. The van der Waals surface area contributed by atoms with Crippen LogP contribution in [0.5, 0.6) is 0 Å². The van der Waals surface area contributed by atoms with Gasteiger partial charge in [0, 0.05) is 17.7 Å². The number of nitrogens with two attached hydrogens (primary N) is 1. The summed E-state index contributed by atoms with van der Waals surface area (Å²) in [6.07, 6.45) is 2.65. The highest BCUT2D eigenvalue weighted by Gasteiger charge is 2.39.